The third kappa shape index (κ3) is 3.03. The molecule has 2 aliphatic heterocycles. The Balaban J connectivity index is 1.85. The molecule has 3 atom stereocenters. The summed E-state index contributed by atoms with van der Waals surface area (Å²) in [6.45, 7) is 4.97. The Morgan fingerprint density at radius 1 is 1.42 bits per heavy atom. The molecule has 2 aromatic rings. The highest BCUT2D eigenvalue weighted by atomic mass is 79.9. The van der Waals surface area contributed by atoms with Gasteiger partial charge in [0.15, 0.2) is 5.65 Å². The molecule has 0 amide bonds. The molecule has 0 saturated carbocycles. The molecule has 9 heteroatoms. The Morgan fingerprint density at radius 2 is 2.27 bits per heavy atom. The van der Waals surface area contributed by atoms with Gasteiger partial charge in [0.1, 0.15) is 10.8 Å². The van der Waals surface area contributed by atoms with Crippen LogP contribution >= 0.6 is 31.9 Å². The number of alkyl halides is 1. The number of hydrogen-bond acceptors (Lipinski definition) is 6. The fourth-order valence-electron chi connectivity index (χ4n) is 3.69. The molecule has 140 valence electrons. The van der Waals surface area contributed by atoms with Crippen molar-refractivity contribution in [1.82, 2.24) is 24.9 Å². The lowest BCUT2D eigenvalue weighted by Crippen LogP contribution is -2.29. The number of rotatable bonds is 4. The minimum Gasteiger partial charge on any atom is -0.369 e. The molecule has 7 nitrogen and oxygen atoms in total. The molecule has 26 heavy (non-hydrogen) atoms. The molecule has 0 radical (unpaired) electrons. The topological polar surface area (TPSA) is 69.8 Å². The van der Waals surface area contributed by atoms with E-state index in [1.54, 1.807) is 0 Å². The van der Waals surface area contributed by atoms with Crippen LogP contribution in [0.4, 0.5) is 5.82 Å². The average Bonchev–Trinajstić information content (AvgIpc) is 3.21. The number of hydrazone groups is 1. The Morgan fingerprint density at radius 3 is 2.92 bits per heavy atom. The molecule has 4 rings (SSSR count). The SMILES string of the molecule is CCNc1c(Br)c(C2CCCNC2)nc2c(C3C=NN(C)C3Br)cnn12. The van der Waals surface area contributed by atoms with E-state index in [2.05, 4.69) is 59.6 Å². The molecular weight excluding hydrogens is 462 g/mol. The lowest BCUT2D eigenvalue weighted by atomic mass is 9.95. The zero-order chi connectivity index (χ0) is 18.3. The van der Waals surface area contributed by atoms with Crippen molar-refractivity contribution in [2.45, 2.75) is 36.6 Å². The number of fused-ring (bicyclic) bond motifs is 1. The van der Waals surface area contributed by atoms with Crippen molar-refractivity contribution >= 4 is 49.5 Å². The fourth-order valence-corrected chi connectivity index (χ4v) is 4.94. The molecule has 4 heterocycles. The van der Waals surface area contributed by atoms with E-state index in [1.165, 1.54) is 6.42 Å². The number of likely N-dealkylation sites (N-methyl/N-ethyl adjacent to an activating group) is 1. The van der Waals surface area contributed by atoms with Crippen molar-refractivity contribution in [1.29, 1.82) is 0 Å². The maximum Gasteiger partial charge on any atom is 0.161 e. The number of aromatic nitrogens is 3. The van der Waals surface area contributed by atoms with E-state index in [4.69, 9.17) is 4.98 Å². The number of halogens is 2. The van der Waals surface area contributed by atoms with E-state index in [1.807, 2.05) is 29.0 Å². The summed E-state index contributed by atoms with van der Waals surface area (Å²) in [7, 11) is 1.97. The van der Waals surface area contributed by atoms with Gasteiger partial charge in [-0.2, -0.15) is 14.7 Å². The maximum atomic E-state index is 5.08. The highest BCUT2D eigenvalue weighted by Crippen LogP contribution is 2.37. The predicted octanol–water partition coefficient (Wildman–Crippen LogP) is 3.13. The summed E-state index contributed by atoms with van der Waals surface area (Å²) in [5.74, 6) is 1.50. The molecule has 0 aromatic carbocycles. The van der Waals surface area contributed by atoms with Crippen LogP contribution < -0.4 is 10.6 Å². The summed E-state index contributed by atoms with van der Waals surface area (Å²) in [4.78, 5) is 5.19. The second-order valence-electron chi connectivity index (χ2n) is 6.81. The third-order valence-corrected chi connectivity index (χ3v) is 7.04. The summed E-state index contributed by atoms with van der Waals surface area (Å²) in [6.07, 6.45) is 6.21. The largest absolute Gasteiger partial charge is 0.369 e. The first-order valence-electron chi connectivity index (χ1n) is 9.04. The third-order valence-electron chi connectivity index (χ3n) is 5.09. The molecule has 1 saturated heterocycles. The minimum atomic E-state index is 0.114. The van der Waals surface area contributed by atoms with Gasteiger partial charge in [-0.25, -0.2) is 4.98 Å². The Kier molecular flexibility index (Phi) is 5.20. The lowest BCUT2D eigenvalue weighted by molar-refractivity contribution is 0.358. The van der Waals surface area contributed by atoms with E-state index in [9.17, 15) is 0 Å². The van der Waals surface area contributed by atoms with Crippen molar-refractivity contribution in [3.63, 3.8) is 0 Å². The van der Waals surface area contributed by atoms with Crippen molar-refractivity contribution in [3.8, 4) is 0 Å². The first kappa shape index (κ1) is 18.2. The van der Waals surface area contributed by atoms with Crippen LogP contribution in [-0.2, 0) is 0 Å². The van der Waals surface area contributed by atoms with Gasteiger partial charge in [-0.3, -0.25) is 5.01 Å². The van der Waals surface area contributed by atoms with E-state index in [0.29, 0.717) is 5.92 Å². The molecule has 0 aliphatic carbocycles. The zero-order valence-corrected chi connectivity index (χ0v) is 18.1. The molecule has 2 aliphatic rings. The monoisotopic (exact) mass is 483 g/mol. The summed E-state index contributed by atoms with van der Waals surface area (Å²) in [5.41, 5.74) is 3.11. The van der Waals surface area contributed by atoms with Crippen molar-refractivity contribution in [2.24, 2.45) is 5.10 Å². The number of nitrogens with one attached hydrogen (secondary N) is 2. The second-order valence-corrected chi connectivity index (χ2v) is 8.54. The number of nitrogens with zero attached hydrogens (tertiary/aromatic N) is 5. The molecule has 2 N–H and O–H groups in total. The molecule has 3 unspecified atom stereocenters. The fraction of sp³-hybridized carbons (Fsp3) is 0.588. The molecule has 0 spiro atoms. The van der Waals surface area contributed by atoms with Crippen LogP contribution in [0.5, 0.6) is 0 Å². The molecule has 1 fully saturated rings. The van der Waals surface area contributed by atoms with Gasteiger partial charge in [0.05, 0.1) is 22.3 Å². The predicted molar refractivity (Wildman–Crippen MR) is 111 cm³/mol. The zero-order valence-electron chi connectivity index (χ0n) is 14.9. The van der Waals surface area contributed by atoms with Gasteiger partial charge in [0, 0.05) is 37.8 Å². The molecular formula is C17H23Br2N7. The van der Waals surface area contributed by atoms with Crippen molar-refractivity contribution < 1.29 is 0 Å². The summed E-state index contributed by atoms with van der Waals surface area (Å²) >= 11 is 7.53. The van der Waals surface area contributed by atoms with E-state index in [0.717, 1.165) is 53.3 Å². The van der Waals surface area contributed by atoms with Gasteiger partial charge in [-0.05, 0) is 42.2 Å². The minimum absolute atomic E-state index is 0.114. The molecule has 0 bridgehead atoms. The number of anilines is 1. The van der Waals surface area contributed by atoms with Crippen LogP contribution in [0.1, 0.15) is 42.9 Å². The quantitative estimate of drug-likeness (QED) is 0.515. The van der Waals surface area contributed by atoms with Crippen LogP contribution in [0.25, 0.3) is 5.65 Å². The van der Waals surface area contributed by atoms with Gasteiger partial charge in [-0.1, -0.05) is 15.9 Å². The van der Waals surface area contributed by atoms with E-state index < -0.39 is 0 Å². The van der Waals surface area contributed by atoms with Crippen LogP contribution in [0.2, 0.25) is 0 Å². The lowest BCUT2D eigenvalue weighted by Gasteiger charge is -2.25. The summed E-state index contributed by atoms with van der Waals surface area (Å²) < 4.78 is 2.93. The van der Waals surface area contributed by atoms with Gasteiger partial charge < -0.3 is 10.6 Å². The van der Waals surface area contributed by atoms with Gasteiger partial charge in [0.25, 0.3) is 0 Å². The second kappa shape index (κ2) is 7.44. The highest BCUT2D eigenvalue weighted by molar-refractivity contribution is 9.10. The van der Waals surface area contributed by atoms with Crippen LogP contribution in [-0.4, -0.2) is 57.5 Å². The van der Waals surface area contributed by atoms with E-state index >= 15 is 0 Å². The normalized spacial score (nSPS) is 26.0. The van der Waals surface area contributed by atoms with Crippen molar-refractivity contribution in [3.05, 3.63) is 21.9 Å². The Labute approximate surface area is 169 Å². The van der Waals surface area contributed by atoms with Gasteiger partial charge in [-0.15, -0.1) is 0 Å². The van der Waals surface area contributed by atoms with Crippen LogP contribution in [0.3, 0.4) is 0 Å². The smallest absolute Gasteiger partial charge is 0.161 e. The van der Waals surface area contributed by atoms with Crippen LogP contribution in [0.15, 0.2) is 15.8 Å². The summed E-state index contributed by atoms with van der Waals surface area (Å²) in [5, 5.41) is 17.9. The Bertz CT molecular complexity index is 828. The van der Waals surface area contributed by atoms with Crippen LogP contribution in [0, 0.1) is 0 Å². The standard InChI is InChI=1S/C17H23Br2N7/c1-3-21-17-13(18)14(10-5-4-6-20-7-10)24-16-12(9-23-26(16)17)11-8-22-25(2)15(11)19/h8-11,15,20-21H,3-7H2,1-2H3. The molecule has 2 aromatic heterocycles. The Hall–Kier alpha value is -1.19. The number of piperidine rings is 1. The van der Waals surface area contributed by atoms with Gasteiger partial charge in [0.2, 0.25) is 0 Å². The van der Waals surface area contributed by atoms with Crippen molar-refractivity contribution in [2.75, 3.05) is 32.0 Å². The van der Waals surface area contributed by atoms with E-state index in [-0.39, 0.29) is 10.9 Å². The highest BCUT2D eigenvalue weighted by Gasteiger charge is 2.32. The summed E-state index contributed by atoms with van der Waals surface area (Å²) in [6, 6.07) is 0. The number of hydrogen-bond donors (Lipinski definition) is 2. The first-order valence-corrected chi connectivity index (χ1v) is 10.7. The maximum absolute atomic E-state index is 5.08. The van der Waals surface area contributed by atoms with Gasteiger partial charge >= 0.3 is 0 Å². The average molecular weight is 485 g/mol. The first-order chi connectivity index (χ1) is 12.6.